The molecule has 0 aliphatic rings. The molecule has 0 saturated carbocycles. The largest absolute Gasteiger partial charge is 0.468 e. The first-order valence-corrected chi connectivity index (χ1v) is 7.14. The Morgan fingerprint density at radius 1 is 1.37 bits per heavy atom. The quantitative estimate of drug-likeness (QED) is 0.449. The van der Waals surface area contributed by atoms with Gasteiger partial charge in [0, 0.05) is 25.1 Å². The lowest BCUT2D eigenvalue weighted by atomic mass is 10.1. The van der Waals surface area contributed by atoms with Gasteiger partial charge in [0.05, 0.1) is 19.5 Å². The number of benzene rings is 1. The Morgan fingerprint density at radius 2 is 2.16 bits per heavy atom. The van der Waals surface area contributed by atoms with E-state index in [2.05, 4.69) is 35.2 Å². The zero-order valence-electron chi connectivity index (χ0n) is 11.7. The minimum absolute atomic E-state index is 0.199. The van der Waals surface area contributed by atoms with Crippen LogP contribution in [0.3, 0.4) is 0 Å². The predicted molar refractivity (Wildman–Crippen MR) is 77.5 cm³/mol. The molecule has 1 N–H and O–H groups in total. The molecule has 0 unspecified atom stereocenters. The normalized spacial score (nSPS) is 10.5. The SMILES string of the molecule is COCCNCc1ccc(SCC(=O)OC)c(C)c1. The predicted octanol–water partition coefficient (Wildman–Crippen LogP) is 2.00. The highest BCUT2D eigenvalue weighted by Gasteiger charge is 2.05. The molecule has 0 aliphatic carbocycles. The third-order valence-corrected chi connectivity index (χ3v) is 3.77. The maximum Gasteiger partial charge on any atom is 0.315 e. The summed E-state index contributed by atoms with van der Waals surface area (Å²) < 4.78 is 9.61. The number of rotatable bonds is 8. The Morgan fingerprint density at radius 3 is 2.79 bits per heavy atom. The highest BCUT2D eigenvalue weighted by molar-refractivity contribution is 8.00. The number of carbonyl (C=O) groups is 1. The third-order valence-electron chi connectivity index (χ3n) is 2.62. The van der Waals surface area contributed by atoms with E-state index in [4.69, 9.17) is 4.74 Å². The van der Waals surface area contributed by atoms with Gasteiger partial charge in [-0.3, -0.25) is 4.79 Å². The molecule has 1 rings (SSSR count). The van der Waals surface area contributed by atoms with Crippen molar-refractivity contribution in [2.24, 2.45) is 0 Å². The van der Waals surface area contributed by atoms with Crippen molar-refractivity contribution in [3.63, 3.8) is 0 Å². The zero-order valence-corrected chi connectivity index (χ0v) is 12.5. The van der Waals surface area contributed by atoms with E-state index >= 15 is 0 Å². The average molecular weight is 283 g/mol. The molecule has 0 fully saturated rings. The molecule has 0 aliphatic heterocycles. The third kappa shape index (κ3) is 6.09. The van der Waals surface area contributed by atoms with Crippen LogP contribution in [0.2, 0.25) is 0 Å². The topological polar surface area (TPSA) is 47.6 Å². The number of nitrogens with one attached hydrogen (secondary N) is 1. The van der Waals surface area contributed by atoms with Crippen molar-refractivity contribution in [3.05, 3.63) is 29.3 Å². The first-order chi connectivity index (χ1) is 9.17. The second-order valence-electron chi connectivity index (χ2n) is 4.13. The minimum atomic E-state index is -0.199. The summed E-state index contributed by atoms with van der Waals surface area (Å²) in [5.41, 5.74) is 2.41. The molecule has 1 aromatic carbocycles. The summed E-state index contributed by atoms with van der Waals surface area (Å²) in [7, 11) is 3.10. The van der Waals surface area contributed by atoms with Crippen molar-refractivity contribution in [2.45, 2.75) is 18.4 Å². The van der Waals surface area contributed by atoms with Gasteiger partial charge in [-0.2, -0.15) is 0 Å². The number of carbonyl (C=O) groups excluding carboxylic acids is 1. The van der Waals surface area contributed by atoms with Crippen LogP contribution < -0.4 is 5.32 Å². The molecule has 0 aromatic heterocycles. The molecule has 0 bridgehead atoms. The summed E-state index contributed by atoms with van der Waals surface area (Å²) in [6.07, 6.45) is 0. The molecule has 0 radical (unpaired) electrons. The number of esters is 1. The zero-order chi connectivity index (χ0) is 14.1. The molecule has 0 saturated heterocycles. The number of methoxy groups -OCH3 is 2. The van der Waals surface area contributed by atoms with Crippen LogP contribution in [0.25, 0.3) is 0 Å². The molecule has 0 amide bonds. The number of hydrogen-bond donors (Lipinski definition) is 1. The maximum absolute atomic E-state index is 11.1. The van der Waals surface area contributed by atoms with Crippen molar-refractivity contribution in [1.82, 2.24) is 5.32 Å². The van der Waals surface area contributed by atoms with Crippen LogP contribution in [0, 0.1) is 6.92 Å². The van der Waals surface area contributed by atoms with Gasteiger partial charge in [0.2, 0.25) is 0 Å². The molecule has 0 atom stereocenters. The Kier molecular flexibility index (Phi) is 7.55. The van der Waals surface area contributed by atoms with Gasteiger partial charge in [-0.1, -0.05) is 12.1 Å². The Balaban J connectivity index is 2.47. The van der Waals surface area contributed by atoms with E-state index in [0.29, 0.717) is 12.4 Å². The van der Waals surface area contributed by atoms with Gasteiger partial charge in [0.15, 0.2) is 0 Å². The summed E-state index contributed by atoms with van der Waals surface area (Å²) in [6, 6.07) is 6.27. The fourth-order valence-electron chi connectivity index (χ4n) is 1.59. The number of thioether (sulfide) groups is 1. The molecule has 5 heteroatoms. The molecule has 4 nitrogen and oxygen atoms in total. The second-order valence-corrected chi connectivity index (χ2v) is 5.15. The Labute approximate surface area is 118 Å². The molecular formula is C14H21NO3S. The first kappa shape index (κ1) is 16.0. The van der Waals surface area contributed by atoms with Gasteiger partial charge in [-0.05, 0) is 24.1 Å². The fraction of sp³-hybridized carbons (Fsp3) is 0.500. The van der Waals surface area contributed by atoms with Crippen molar-refractivity contribution < 1.29 is 14.3 Å². The van der Waals surface area contributed by atoms with E-state index in [0.717, 1.165) is 18.0 Å². The molecule has 1 aromatic rings. The van der Waals surface area contributed by atoms with E-state index in [9.17, 15) is 4.79 Å². The molecular weight excluding hydrogens is 262 g/mol. The Hall–Kier alpha value is -1.04. The average Bonchev–Trinajstić information content (AvgIpc) is 2.42. The minimum Gasteiger partial charge on any atom is -0.468 e. The van der Waals surface area contributed by atoms with Crippen molar-refractivity contribution in [1.29, 1.82) is 0 Å². The fourth-order valence-corrected chi connectivity index (χ4v) is 2.43. The smallest absolute Gasteiger partial charge is 0.315 e. The van der Waals surface area contributed by atoms with Crippen LogP contribution in [0.5, 0.6) is 0 Å². The van der Waals surface area contributed by atoms with Crippen LogP contribution in [-0.4, -0.2) is 39.1 Å². The number of ether oxygens (including phenoxy) is 2. The van der Waals surface area contributed by atoms with Gasteiger partial charge in [0.25, 0.3) is 0 Å². The van der Waals surface area contributed by atoms with Crippen molar-refractivity contribution >= 4 is 17.7 Å². The van der Waals surface area contributed by atoms with E-state index in [1.807, 2.05) is 0 Å². The lowest BCUT2D eigenvalue weighted by Gasteiger charge is -2.09. The highest BCUT2D eigenvalue weighted by atomic mass is 32.2. The Bertz CT molecular complexity index is 410. The van der Waals surface area contributed by atoms with Gasteiger partial charge < -0.3 is 14.8 Å². The van der Waals surface area contributed by atoms with E-state index in [1.54, 1.807) is 7.11 Å². The molecule has 0 heterocycles. The van der Waals surface area contributed by atoms with Crippen LogP contribution in [0.4, 0.5) is 0 Å². The van der Waals surface area contributed by atoms with E-state index < -0.39 is 0 Å². The second kappa shape index (κ2) is 8.96. The highest BCUT2D eigenvalue weighted by Crippen LogP contribution is 2.23. The summed E-state index contributed by atoms with van der Waals surface area (Å²) in [4.78, 5) is 12.2. The lowest BCUT2D eigenvalue weighted by molar-refractivity contribution is -0.137. The monoisotopic (exact) mass is 283 g/mol. The first-order valence-electron chi connectivity index (χ1n) is 6.16. The summed E-state index contributed by atoms with van der Waals surface area (Å²) in [5.74, 6) is 0.151. The summed E-state index contributed by atoms with van der Waals surface area (Å²) in [6.45, 7) is 4.44. The van der Waals surface area contributed by atoms with Gasteiger partial charge in [-0.25, -0.2) is 0 Å². The van der Waals surface area contributed by atoms with Crippen molar-refractivity contribution in [2.75, 3.05) is 33.1 Å². The van der Waals surface area contributed by atoms with Gasteiger partial charge in [-0.15, -0.1) is 11.8 Å². The standard InChI is InChI=1S/C14H21NO3S/c1-11-8-12(9-15-6-7-17-2)4-5-13(11)19-10-14(16)18-3/h4-5,8,15H,6-7,9-10H2,1-3H3. The molecule has 0 spiro atoms. The van der Waals surface area contributed by atoms with E-state index in [1.165, 1.54) is 30.0 Å². The van der Waals surface area contributed by atoms with Crippen LogP contribution in [0.15, 0.2) is 23.1 Å². The van der Waals surface area contributed by atoms with Crippen LogP contribution in [0.1, 0.15) is 11.1 Å². The summed E-state index contributed by atoms with van der Waals surface area (Å²) in [5, 5.41) is 3.30. The van der Waals surface area contributed by atoms with Gasteiger partial charge >= 0.3 is 5.97 Å². The lowest BCUT2D eigenvalue weighted by Crippen LogP contribution is -2.18. The van der Waals surface area contributed by atoms with Gasteiger partial charge in [0.1, 0.15) is 0 Å². The number of aryl methyl sites for hydroxylation is 1. The molecule has 19 heavy (non-hydrogen) atoms. The van der Waals surface area contributed by atoms with Crippen LogP contribution in [-0.2, 0) is 20.8 Å². The van der Waals surface area contributed by atoms with Crippen molar-refractivity contribution in [3.8, 4) is 0 Å². The maximum atomic E-state index is 11.1. The molecule has 106 valence electrons. The van der Waals surface area contributed by atoms with Crippen LogP contribution >= 0.6 is 11.8 Å². The van der Waals surface area contributed by atoms with E-state index in [-0.39, 0.29) is 5.97 Å². The summed E-state index contributed by atoms with van der Waals surface area (Å²) >= 11 is 1.51. The number of hydrogen-bond acceptors (Lipinski definition) is 5.